The third kappa shape index (κ3) is 5.73. The SMILES string of the molecule is COC(=O)C(CC(=O)c1ccccc1)=NN=C(c1ccccc1)c1ccc(OC)cc1. The minimum Gasteiger partial charge on any atom is -0.497 e. The van der Waals surface area contributed by atoms with Gasteiger partial charge in [0, 0.05) is 16.7 Å². The largest absolute Gasteiger partial charge is 0.497 e. The maximum Gasteiger partial charge on any atom is 0.354 e. The molecule has 0 saturated carbocycles. The van der Waals surface area contributed by atoms with Crippen LogP contribution in [0.25, 0.3) is 0 Å². The number of methoxy groups -OCH3 is 2. The lowest BCUT2D eigenvalue weighted by atomic mass is 10.0. The van der Waals surface area contributed by atoms with Crippen molar-refractivity contribution in [3.05, 3.63) is 102 Å². The van der Waals surface area contributed by atoms with Crippen molar-refractivity contribution in [2.45, 2.75) is 6.42 Å². The predicted molar refractivity (Wildman–Crippen MR) is 120 cm³/mol. The van der Waals surface area contributed by atoms with Gasteiger partial charge in [-0.25, -0.2) is 4.79 Å². The molecule has 3 rings (SSSR count). The lowest BCUT2D eigenvalue weighted by Gasteiger charge is -2.08. The van der Waals surface area contributed by atoms with Crippen LogP contribution in [-0.4, -0.2) is 37.4 Å². The van der Waals surface area contributed by atoms with Gasteiger partial charge in [-0.15, -0.1) is 10.2 Å². The van der Waals surface area contributed by atoms with Gasteiger partial charge >= 0.3 is 5.97 Å². The minimum atomic E-state index is -0.699. The average Bonchev–Trinajstić information content (AvgIpc) is 2.84. The Kier molecular flexibility index (Phi) is 7.43. The van der Waals surface area contributed by atoms with Crippen LogP contribution in [-0.2, 0) is 9.53 Å². The van der Waals surface area contributed by atoms with Crippen LogP contribution in [0.2, 0.25) is 0 Å². The molecule has 3 aromatic rings. The first-order valence-electron chi connectivity index (χ1n) is 9.63. The Morgan fingerprint density at radius 3 is 1.81 bits per heavy atom. The van der Waals surface area contributed by atoms with Crippen molar-refractivity contribution >= 4 is 23.2 Å². The fourth-order valence-corrected chi connectivity index (χ4v) is 2.88. The Balaban J connectivity index is 2.00. The maximum absolute atomic E-state index is 12.6. The number of nitrogens with zero attached hydrogens (tertiary/aromatic N) is 2. The van der Waals surface area contributed by atoms with E-state index in [4.69, 9.17) is 9.47 Å². The van der Waals surface area contributed by atoms with E-state index in [1.165, 1.54) is 7.11 Å². The summed E-state index contributed by atoms with van der Waals surface area (Å²) in [5.41, 5.74) is 2.57. The summed E-state index contributed by atoms with van der Waals surface area (Å²) in [6.07, 6.45) is -0.217. The maximum atomic E-state index is 12.6. The second-order valence-corrected chi connectivity index (χ2v) is 6.55. The molecule has 0 bridgehead atoms. The molecule has 3 aromatic carbocycles. The van der Waals surface area contributed by atoms with Gasteiger partial charge in [-0.3, -0.25) is 4.79 Å². The molecule has 31 heavy (non-hydrogen) atoms. The number of hydrogen-bond donors (Lipinski definition) is 0. The van der Waals surface area contributed by atoms with Gasteiger partial charge in [-0.05, 0) is 24.3 Å². The van der Waals surface area contributed by atoms with Crippen molar-refractivity contribution in [3.8, 4) is 5.75 Å². The van der Waals surface area contributed by atoms with Gasteiger partial charge in [0.25, 0.3) is 0 Å². The summed E-state index contributed by atoms with van der Waals surface area (Å²) in [6.45, 7) is 0. The number of ether oxygens (including phenoxy) is 2. The van der Waals surface area contributed by atoms with Crippen LogP contribution in [0.4, 0.5) is 0 Å². The molecule has 0 fully saturated rings. The Hall–Kier alpha value is -4.06. The second-order valence-electron chi connectivity index (χ2n) is 6.55. The van der Waals surface area contributed by atoms with Gasteiger partial charge < -0.3 is 9.47 Å². The number of carbonyl (C=O) groups excluding carboxylic acids is 2. The molecule has 0 aliphatic carbocycles. The molecular formula is C25H22N2O4. The van der Waals surface area contributed by atoms with Crippen LogP contribution < -0.4 is 4.74 Å². The molecule has 0 saturated heterocycles. The molecule has 156 valence electrons. The van der Waals surface area contributed by atoms with Crippen LogP contribution in [0.15, 0.2) is 95.1 Å². The van der Waals surface area contributed by atoms with Gasteiger partial charge in [0.1, 0.15) is 11.5 Å². The lowest BCUT2D eigenvalue weighted by molar-refractivity contribution is -0.132. The fraction of sp³-hybridized carbons (Fsp3) is 0.120. The number of carbonyl (C=O) groups is 2. The molecule has 0 unspecified atom stereocenters. The Labute approximate surface area is 180 Å². The van der Waals surface area contributed by atoms with E-state index in [1.54, 1.807) is 31.4 Å². The molecule has 0 amide bonds. The predicted octanol–water partition coefficient (Wildman–Crippen LogP) is 4.33. The molecule has 0 N–H and O–H groups in total. The molecule has 0 aliphatic heterocycles. The molecule has 0 radical (unpaired) electrons. The highest BCUT2D eigenvalue weighted by Crippen LogP contribution is 2.16. The van der Waals surface area contributed by atoms with E-state index in [-0.39, 0.29) is 17.9 Å². The molecule has 0 spiro atoms. The second kappa shape index (κ2) is 10.6. The van der Waals surface area contributed by atoms with E-state index in [9.17, 15) is 9.59 Å². The summed E-state index contributed by atoms with van der Waals surface area (Å²) in [6, 6.07) is 25.5. The molecule has 0 heterocycles. The van der Waals surface area contributed by atoms with Gasteiger partial charge in [0.15, 0.2) is 11.5 Å². The van der Waals surface area contributed by atoms with Crippen LogP contribution >= 0.6 is 0 Å². The third-order valence-corrected chi connectivity index (χ3v) is 4.53. The molecule has 0 atom stereocenters. The normalized spacial score (nSPS) is 11.7. The van der Waals surface area contributed by atoms with E-state index in [2.05, 4.69) is 10.2 Å². The Morgan fingerprint density at radius 2 is 1.26 bits per heavy atom. The summed E-state index contributed by atoms with van der Waals surface area (Å²) < 4.78 is 10.0. The number of hydrogen-bond acceptors (Lipinski definition) is 6. The van der Waals surface area contributed by atoms with Crippen LogP contribution in [0.1, 0.15) is 27.9 Å². The van der Waals surface area contributed by atoms with Crippen molar-refractivity contribution in [2.24, 2.45) is 10.2 Å². The van der Waals surface area contributed by atoms with E-state index < -0.39 is 5.97 Å². The quantitative estimate of drug-likeness (QED) is 0.238. The third-order valence-electron chi connectivity index (χ3n) is 4.53. The minimum absolute atomic E-state index is 0.0710. The highest BCUT2D eigenvalue weighted by Gasteiger charge is 2.18. The Bertz CT molecular complexity index is 1090. The summed E-state index contributed by atoms with van der Waals surface area (Å²) >= 11 is 0. The fourth-order valence-electron chi connectivity index (χ4n) is 2.88. The number of Topliss-reactive ketones (excluding diaryl/α,β-unsaturated/α-hetero) is 1. The Morgan fingerprint density at radius 1 is 0.710 bits per heavy atom. The molecule has 0 aromatic heterocycles. The summed E-state index contributed by atoms with van der Waals surface area (Å²) in [7, 11) is 2.84. The zero-order valence-electron chi connectivity index (χ0n) is 17.3. The highest BCUT2D eigenvalue weighted by molar-refractivity contribution is 6.40. The van der Waals surface area contributed by atoms with E-state index in [0.717, 1.165) is 11.1 Å². The van der Waals surface area contributed by atoms with Crippen molar-refractivity contribution < 1.29 is 19.1 Å². The smallest absolute Gasteiger partial charge is 0.354 e. The van der Waals surface area contributed by atoms with Crippen LogP contribution in [0.5, 0.6) is 5.75 Å². The standard InChI is InChI=1S/C25H22N2O4/c1-30-21-15-13-20(14-16-21)24(19-11-7-4-8-12-19)27-26-22(25(29)31-2)17-23(28)18-9-5-3-6-10-18/h3-16H,17H2,1-2H3. The van der Waals surface area contributed by atoms with Gasteiger partial charge in [0.05, 0.1) is 20.6 Å². The monoisotopic (exact) mass is 414 g/mol. The molecular weight excluding hydrogens is 392 g/mol. The number of esters is 1. The van der Waals surface area contributed by atoms with Crippen LogP contribution in [0, 0.1) is 0 Å². The number of ketones is 1. The molecule has 0 aliphatic rings. The first-order chi connectivity index (χ1) is 15.1. The molecule has 6 heteroatoms. The van der Waals surface area contributed by atoms with Gasteiger partial charge in [-0.1, -0.05) is 60.7 Å². The van der Waals surface area contributed by atoms with Gasteiger partial charge in [0.2, 0.25) is 0 Å². The van der Waals surface area contributed by atoms with Crippen molar-refractivity contribution in [3.63, 3.8) is 0 Å². The lowest BCUT2D eigenvalue weighted by Crippen LogP contribution is -2.20. The summed E-state index contributed by atoms with van der Waals surface area (Å²) in [4.78, 5) is 24.8. The zero-order chi connectivity index (χ0) is 22.1. The highest BCUT2D eigenvalue weighted by atomic mass is 16.5. The van der Waals surface area contributed by atoms with Crippen molar-refractivity contribution in [1.29, 1.82) is 0 Å². The number of rotatable bonds is 8. The van der Waals surface area contributed by atoms with Crippen molar-refractivity contribution in [1.82, 2.24) is 0 Å². The first kappa shape index (κ1) is 21.6. The topological polar surface area (TPSA) is 77.3 Å². The van der Waals surface area contributed by atoms with E-state index in [1.807, 2.05) is 60.7 Å². The summed E-state index contributed by atoms with van der Waals surface area (Å²) in [5.74, 6) is -0.232. The average molecular weight is 414 g/mol. The zero-order valence-corrected chi connectivity index (χ0v) is 17.3. The number of benzene rings is 3. The summed E-state index contributed by atoms with van der Waals surface area (Å²) in [5, 5.41) is 8.48. The van der Waals surface area contributed by atoms with E-state index in [0.29, 0.717) is 17.0 Å². The molecule has 6 nitrogen and oxygen atoms in total. The van der Waals surface area contributed by atoms with Gasteiger partial charge in [-0.2, -0.15) is 0 Å². The van der Waals surface area contributed by atoms with E-state index >= 15 is 0 Å². The van der Waals surface area contributed by atoms with Crippen molar-refractivity contribution in [2.75, 3.05) is 14.2 Å². The van der Waals surface area contributed by atoms with Crippen LogP contribution in [0.3, 0.4) is 0 Å². The first-order valence-corrected chi connectivity index (χ1v) is 9.63.